The number of anilines is 1. The maximum Gasteiger partial charge on any atom is 0.216 e. The molecule has 1 fully saturated rings. The van der Waals surface area contributed by atoms with E-state index in [0.29, 0.717) is 15.6 Å². The summed E-state index contributed by atoms with van der Waals surface area (Å²) in [6.07, 6.45) is 3.77. The van der Waals surface area contributed by atoms with E-state index in [-0.39, 0.29) is 12.3 Å². The zero-order valence-electron chi connectivity index (χ0n) is 14.4. The Morgan fingerprint density at radius 1 is 0.885 bits per heavy atom. The average Bonchev–Trinajstić information content (AvgIpc) is 2.64. The molecular weight excluding hydrogens is 391 g/mol. The first-order valence-electron chi connectivity index (χ1n) is 8.68. The first kappa shape index (κ1) is 19.5. The molecule has 2 aromatic carbocycles. The molecule has 0 aromatic heterocycles. The van der Waals surface area contributed by atoms with Gasteiger partial charge in [-0.2, -0.15) is 0 Å². The predicted octanol–water partition coefficient (Wildman–Crippen LogP) is 4.60. The van der Waals surface area contributed by atoms with E-state index in [4.69, 9.17) is 23.2 Å². The number of sulfonamides is 1. The molecule has 2 aromatic rings. The van der Waals surface area contributed by atoms with Crippen molar-refractivity contribution in [1.29, 1.82) is 0 Å². The van der Waals surface area contributed by atoms with Crippen molar-refractivity contribution in [2.24, 2.45) is 0 Å². The first-order chi connectivity index (χ1) is 12.4. The largest absolute Gasteiger partial charge is 0.372 e. The van der Waals surface area contributed by atoms with Crippen LogP contribution >= 0.6 is 23.2 Å². The molecule has 0 bridgehead atoms. The Bertz CT molecular complexity index is 848. The van der Waals surface area contributed by atoms with E-state index in [2.05, 4.69) is 21.8 Å². The Kier molecular flexibility index (Phi) is 6.46. The second-order valence-electron chi connectivity index (χ2n) is 6.54. The quantitative estimate of drug-likeness (QED) is 0.753. The van der Waals surface area contributed by atoms with Crippen molar-refractivity contribution >= 4 is 38.9 Å². The van der Waals surface area contributed by atoms with Crippen molar-refractivity contribution in [3.63, 3.8) is 0 Å². The molecule has 0 spiro atoms. The Balaban J connectivity index is 1.57. The van der Waals surface area contributed by atoms with Crippen LogP contribution in [0.2, 0.25) is 10.0 Å². The summed E-state index contributed by atoms with van der Waals surface area (Å²) in [4.78, 5) is 2.38. The van der Waals surface area contributed by atoms with Crippen LogP contribution in [-0.4, -0.2) is 21.5 Å². The van der Waals surface area contributed by atoms with Crippen molar-refractivity contribution < 1.29 is 8.42 Å². The van der Waals surface area contributed by atoms with Crippen molar-refractivity contribution in [2.45, 2.75) is 31.6 Å². The topological polar surface area (TPSA) is 49.4 Å². The minimum Gasteiger partial charge on any atom is -0.372 e. The number of nitrogens with one attached hydrogen (secondary N) is 1. The molecule has 140 valence electrons. The van der Waals surface area contributed by atoms with E-state index in [0.717, 1.165) is 18.7 Å². The van der Waals surface area contributed by atoms with Gasteiger partial charge in [0.15, 0.2) is 0 Å². The van der Waals surface area contributed by atoms with Gasteiger partial charge < -0.3 is 4.90 Å². The van der Waals surface area contributed by atoms with Gasteiger partial charge in [-0.1, -0.05) is 41.4 Å². The number of halogens is 2. The lowest BCUT2D eigenvalue weighted by Crippen LogP contribution is -2.29. The first-order valence-corrected chi connectivity index (χ1v) is 11.1. The fraction of sp³-hybridized carbons (Fsp3) is 0.368. The number of hydrogen-bond acceptors (Lipinski definition) is 3. The third kappa shape index (κ3) is 5.36. The normalized spacial score (nSPS) is 15.2. The SMILES string of the molecule is O=S(=O)(Cc1ccc(Cl)c(Cl)c1)NCc1ccc(N2CCCCC2)cc1. The molecule has 26 heavy (non-hydrogen) atoms. The Morgan fingerprint density at radius 2 is 1.54 bits per heavy atom. The molecule has 4 nitrogen and oxygen atoms in total. The van der Waals surface area contributed by atoms with Crippen LogP contribution in [0.5, 0.6) is 0 Å². The number of benzene rings is 2. The van der Waals surface area contributed by atoms with Crippen molar-refractivity contribution in [3.05, 3.63) is 63.6 Å². The third-order valence-electron chi connectivity index (χ3n) is 4.49. The Labute approximate surface area is 165 Å². The van der Waals surface area contributed by atoms with Crippen LogP contribution in [0.4, 0.5) is 5.69 Å². The van der Waals surface area contributed by atoms with Gasteiger partial charge in [-0.05, 0) is 54.7 Å². The monoisotopic (exact) mass is 412 g/mol. The number of rotatable bonds is 6. The lowest BCUT2D eigenvalue weighted by Gasteiger charge is -2.28. The molecule has 0 atom stereocenters. The van der Waals surface area contributed by atoms with Crippen molar-refractivity contribution in [3.8, 4) is 0 Å². The minimum absolute atomic E-state index is 0.129. The van der Waals surface area contributed by atoms with Gasteiger partial charge in [-0.15, -0.1) is 0 Å². The number of piperidine rings is 1. The van der Waals surface area contributed by atoms with Crippen LogP contribution in [0.25, 0.3) is 0 Å². The van der Waals surface area contributed by atoms with E-state index in [1.54, 1.807) is 18.2 Å². The van der Waals surface area contributed by atoms with Gasteiger partial charge in [0.05, 0.1) is 15.8 Å². The van der Waals surface area contributed by atoms with Gasteiger partial charge in [0.2, 0.25) is 10.0 Å². The summed E-state index contributed by atoms with van der Waals surface area (Å²) >= 11 is 11.8. The van der Waals surface area contributed by atoms with Gasteiger partial charge in [-0.25, -0.2) is 13.1 Å². The highest BCUT2D eigenvalue weighted by Crippen LogP contribution is 2.23. The Hall–Kier alpha value is -1.27. The van der Waals surface area contributed by atoms with Gasteiger partial charge in [0.25, 0.3) is 0 Å². The summed E-state index contributed by atoms with van der Waals surface area (Å²) in [5.74, 6) is -0.129. The summed E-state index contributed by atoms with van der Waals surface area (Å²) in [5.41, 5.74) is 2.74. The maximum atomic E-state index is 12.3. The molecule has 1 N–H and O–H groups in total. The average molecular weight is 413 g/mol. The molecule has 3 rings (SSSR count). The lowest BCUT2D eigenvalue weighted by molar-refractivity contribution is 0.577. The second-order valence-corrected chi connectivity index (χ2v) is 9.16. The zero-order chi connectivity index (χ0) is 18.6. The second kappa shape index (κ2) is 8.61. The summed E-state index contributed by atoms with van der Waals surface area (Å²) < 4.78 is 27.2. The lowest BCUT2D eigenvalue weighted by atomic mass is 10.1. The van der Waals surface area contributed by atoms with E-state index in [1.807, 2.05) is 12.1 Å². The van der Waals surface area contributed by atoms with Crippen molar-refractivity contribution in [2.75, 3.05) is 18.0 Å². The van der Waals surface area contributed by atoms with Crippen LogP contribution < -0.4 is 9.62 Å². The van der Waals surface area contributed by atoms with Gasteiger partial charge in [-0.3, -0.25) is 0 Å². The molecule has 1 saturated heterocycles. The molecule has 1 aliphatic rings. The highest BCUT2D eigenvalue weighted by molar-refractivity contribution is 7.88. The van der Waals surface area contributed by atoms with Crippen LogP contribution in [0, 0.1) is 0 Å². The summed E-state index contributed by atoms with van der Waals surface area (Å²) in [6, 6.07) is 12.9. The smallest absolute Gasteiger partial charge is 0.216 e. The van der Waals surface area contributed by atoms with Gasteiger partial charge in [0.1, 0.15) is 0 Å². The number of hydrogen-bond donors (Lipinski definition) is 1. The highest BCUT2D eigenvalue weighted by atomic mass is 35.5. The van der Waals surface area contributed by atoms with Crippen LogP contribution in [0.3, 0.4) is 0 Å². The van der Waals surface area contributed by atoms with Gasteiger partial charge >= 0.3 is 0 Å². The standard InChI is InChI=1S/C19H22Cl2N2O2S/c20-18-9-6-16(12-19(18)21)14-26(24,25)22-13-15-4-7-17(8-5-15)23-10-2-1-3-11-23/h4-9,12,22H,1-3,10-11,13-14H2. The molecule has 1 heterocycles. The zero-order valence-corrected chi connectivity index (χ0v) is 16.7. The van der Waals surface area contributed by atoms with Crippen LogP contribution in [0.15, 0.2) is 42.5 Å². The fourth-order valence-corrected chi connectivity index (χ4v) is 4.50. The van der Waals surface area contributed by atoms with E-state index in [9.17, 15) is 8.42 Å². The molecule has 0 amide bonds. The van der Waals surface area contributed by atoms with Crippen LogP contribution in [-0.2, 0) is 22.3 Å². The molecule has 0 radical (unpaired) electrons. The molecule has 0 aliphatic carbocycles. The molecule has 7 heteroatoms. The van der Waals surface area contributed by atoms with E-state index in [1.165, 1.54) is 24.9 Å². The number of nitrogens with zero attached hydrogens (tertiary/aromatic N) is 1. The summed E-state index contributed by atoms with van der Waals surface area (Å²) in [5, 5.41) is 0.766. The summed E-state index contributed by atoms with van der Waals surface area (Å²) in [7, 11) is -3.46. The summed E-state index contributed by atoms with van der Waals surface area (Å²) in [6.45, 7) is 2.45. The Morgan fingerprint density at radius 3 is 2.19 bits per heavy atom. The molecule has 1 aliphatic heterocycles. The van der Waals surface area contributed by atoms with E-state index < -0.39 is 10.0 Å². The highest BCUT2D eigenvalue weighted by Gasteiger charge is 2.13. The van der Waals surface area contributed by atoms with Crippen LogP contribution in [0.1, 0.15) is 30.4 Å². The fourth-order valence-electron chi connectivity index (χ4n) is 3.07. The van der Waals surface area contributed by atoms with Crippen molar-refractivity contribution in [1.82, 2.24) is 4.72 Å². The molecule has 0 saturated carbocycles. The maximum absolute atomic E-state index is 12.3. The minimum atomic E-state index is -3.46. The molecule has 0 unspecified atom stereocenters. The third-order valence-corrected chi connectivity index (χ3v) is 6.53. The van der Waals surface area contributed by atoms with E-state index >= 15 is 0 Å². The van der Waals surface area contributed by atoms with Gasteiger partial charge in [0, 0.05) is 25.3 Å². The molecular formula is C19H22Cl2N2O2S. The predicted molar refractivity (Wildman–Crippen MR) is 108 cm³/mol.